The molecule has 0 bridgehead atoms. The van der Waals surface area contributed by atoms with E-state index in [-0.39, 0.29) is 11.1 Å². The quantitative estimate of drug-likeness (QED) is 0.404. The van der Waals surface area contributed by atoms with Crippen molar-refractivity contribution in [3.05, 3.63) is 60.2 Å². The van der Waals surface area contributed by atoms with Crippen molar-refractivity contribution in [2.24, 2.45) is 5.73 Å². The van der Waals surface area contributed by atoms with Gasteiger partial charge in [-0.15, -0.1) is 0 Å². The Morgan fingerprint density at radius 3 is 2.55 bits per heavy atom. The number of nitrogens with zero attached hydrogens (tertiary/aromatic N) is 1. The summed E-state index contributed by atoms with van der Waals surface area (Å²) in [6.07, 6.45) is 3.34. The standard InChI is InChI=1S/C23H29N3O2S/c1-2-3-16-28-21(27)23(18-8-5-4-6-9-18)12-14-26(15-13-23)20-11-7-10-19(17-20)25-22(24)29/h4-11,17H,2-3,12-16H2,1H3,(H3,24,25,29). The molecule has 2 aromatic carbocycles. The Morgan fingerprint density at radius 1 is 1.17 bits per heavy atom. The monoisotopic (exact) mass is 411 g/mol. The molecule has 0 saturated carbocycles. The van der Waals surface area contributed by atoms with Gasteiger partial charge in [-0.25, -0.2) is 0 Å². The summed E-state index contributed by atoms with van der Waals surface area (Å²) in [7, 11) is 0. The van der Waals surface area contributed by atoms with Gasteiger partial charge in [0.2, 0.25) is 0 Å². The summed E-state index contributed by atoms with van der Waals surface area (Å²) in [6, 6.07) is 18.1. The normalized spacial score (nSPS) is 15.6. The van der Waals surface area contributed by atoms with Gasteiger partial charge in [0.15, 0.2) is 5.11 Å². The molecule has 0 atom stereocenters. The molecule has 6 heteroatoms. The highest BCUT2D eigenvalue weighted by atomic mass is 32.1. The zero-order chi connectivity index (χ0) is 20.7. The number of benzene rings is 2. The molecule has 0 radical (unpaired) electrons. The Kier molecular flexibility index (Phi) is 7.09. The van der Waals surface area contributed by atoms with Crippen molar-refractivity contribution < 1.29 is 9.53 Å². The molecule has 1 aliphatic rings. The van der Waals surface area contributed by atoms with Gasteiger partial charge < -0.3 is 20.7 Å². The van der Waals surface area contributed by atoms with Crippen LogP contribution in [0.1, 0.15) is 38.2 Å². The van der Waals surface area contributed by atoms with Crippen molar-refractivity contribution in [3.63, 3.8) is 0 Å². The predicted molar refractivity (Wildman–Crippen MR) is 122 cm³/mol. The van der Waals surface area contributed by atoms with E-state index in [1.165, 1.54) is 0 Å². The van der Waals surface area contributed by atoms with Crippen LogP contribution in [0.25, 0.3) is 0 Å². The number of rotatable bonds is 7. The molecule has 3 N–H and O–H groups in total. The molecular formula is C23H29N3O2S. The summed E-state index contributed by atoms with van der Waals surface area (Å²) in [5, 5.41) is 3.23. The number of hydrogen-bond donors (Lipinski definition) is 2. The van der Waals surface area contributed by atoms with Gasteiger partial charge in [-0.3, -0.25) is 4.79 Å². The Labute approximate surface area is 178 Å². The molecule has 0 amide bonds. The fourth-order valence-electron chi connectivity index (χ4n) is 3.88. The number of anilines is 2. The third-order valence-corrected chi connectivity index (χ3v) is 5.65. The lowest BCUT2D eigenvalue weighted by molar-refractivity contribution is -0.151. The molecule has 5 nitrogen and oxygen atoms in total. The zero-order valence-corrected chi connectivity index (χ0v) is 17.7. The molecule has 1 aliphatic heterocycles. The molecule has 1 fully saturated rings. The molecule has 0 spiro atoms. The SMILES string of the molecule is CCCCOC(=O)C1(c2ccccc2)CCN(c2cccc(NC(N)=S)c2)CC1. The summed E-state index contributed by atoms with van der Waals surface area (Å²) >= 11 is 4.94. The minimum absolute atomic E-state index is 0.0966. The average molecular weight is 412 g/mol. The second kappa shape index (κ2) is 9.74. The van der Waals surface area contributed by atoms with E-state index in [9.17, 15) is 4.79 Å². The zero-order valence-electron chi connectivity index (χ0n) is 16.9. The van der Waals surface area contributed by atoms with E-state index in [0.717, 1.165) is 55.7 Å². The lowest BCUT2D eigenvalue weighted by Gasteiger charge is -2.41. The van der Waals surface area contributed by atoms with Gasteiger partial charge in [0, 0.05) is 24.5 Å². The second-order valence-corrected chi connectivity index (χ2v) is 7.90. The molecule has 0 aromatic heterocycles. The number of nitrogens with two attached hydrogens (primary N) is 1. The Hall–Kier alpha value is -2.60. The topological polar surface area (TPSA) is 67.6 Å². The lowest BCUT2D eigenvalue weighted by Crippen LogP contribution is -2.48. The van der Waals surface area contributed by atoms with Crippen LogP contribution in [0.15, 0.2) is 54.6 Å². The van der Waals surface area contributed by atoms with E-state index in [4.69, 9.17) is 22.7 Å². The summed E-state index contributed by atoms with van der Waals surface area (Å²) < 4.78 is 5.69. The number of hydrogen-bond acceptors (Lipinski definition) is 4. The van der Waals surface area contributed by atoms with Crippen LogP contribution < -0.4 is 16.0 Å². The average Bonchev–Trinajstić information content (AvgIpc) is 2.74. The van der Waals surface area contributed by atoms with Gasteiger partial charge in [-0.05, 0) is 55.2 Å². The third-order valence-electron chi connectivity index (χ3n) is 5.54. The fourth-order valence-corrected chi connectivity index (χ4v) is 4.00. The van der Waals surface area contributed by atoms with Crippen LogP contribution in [-0.2, 0) is 14.9 Å². The van der Waals surface area contributed by atoms with E-state index in [1.807, 2.05) is 48.5 Å². The van der Waals surface area contributed by atoms with Crippen LogP contribution in [-0.4, -0.2) is 30.8 Å². The maximum Gasteiger partial charge on any atom is 0.316 e. The Morgan fingerprint density at radius 2 is 1.90 bits per heavy atom. The first kappa shape index (κ1) is 21.1. The number of unbranched alkanes of at least 4 members (excludes halogenated alkanes) is 1. The number of carbonyl (C=O) groups is 1. The van der Waals surface area contributed by atoms with Crippen molar-refractivity contribution in [1.82, 2.24) is 0 Å². The maximum absolute atomic E-state index is 13.1. The highest BCUT2D eigenvalue weighted by molar-refractivity contribution is 7.80. The predicted octanol–water partition coefficient (Wildman–Crippen LogP) is 4.22. The summed E-state index contributed by atoms with van der Waals surface area (Å²) in [5.74, 6) is -0.0966. The van der Waals surface area contributed by atoms with E-state index in [0.29, 0.717) is 6.61 Å². The maximum atomic E-state index is 13.1. The summed E-state index contributed by atoms with van der Waals surface area (Å²) in [4.78, 5) is 15.4. The number of thiocarbonyl (C=S) groups is 1. The van der Waals surface area contributed by atoms with Gasteiger partial charge in [-0.1, -0.05) is 49.7 Å². The molecule has 3 rings (SSSR count). The van der Waals surface area contributed by atoms with Gasteiger partial charge in [0.05, 0.1) is 12.0 Å². The fraction of sp³-hybridized carbons (Fsp3) is 0.391. The number of ether oxygens (including phenoxy) is 1. The van der Waals surface area contributed by atoms with Crippen LogP contribution in [0, 0.1) is 0 Å². The van der Waals surface area contributed by atoms with E-state index < -0.39 is 5.41 Å². The highest BCUT2D eigenvalue weighted by Crippen LogP contribution is 2.38. The van der Waals surface area contributed by atoms with Crippen molar-refractivity contribution in [1.29, 1.82) is 0 Å². The molecule has 154 valence electrons. The molecule has 29 heavy (non-hydrogen) atoms. The largest absolute Gasteiger partial charge is 0.465 e. The molecule has 0 aliphatic carbocycles. The van der Waals surface area contributed by atoms with Crippen LogP contribution in [0.2, 0.25) is 0 Å². The van der Waals surface area contributed by atoms with Gasteiger partial charge in [0.25, 0.3) is 0 Å². The number of esters is 1. The van der Waals surface area contributed by atoms with E-state index in [2.05, 4.69) is 23.2 Å². The van der Waals surface area contributed by atoms with Gasteiger partial charge in [0.1, 0.15) is 0 Å². The van der Waals surface area contributed by atoms with Crippen LogP contribution in [0.4, 0.5) is 11.4 Å². The smallest absolute Gasteiger partial charge is 0.316 e. The minimum atomic E-state index is -0.583. The Bertz CT molecular complexity index is 833. The lowest BCUT2D eigenvalue weighted by atomic mass is 9.72. The summed E-state index contributed by atoms with van der Waals surface area (Å²) in [5.41, 5.74) is 8.01. The number of nitrogens with one attached hydrogen (secondary N) is 1. The van der Waals surface area contributed by atoms with Crippen molar-refractivity contribution in [2.45, 2.75) is 38.0 Å². The van der Waals surface area contributed by atoms with Gasteiger partial charge in [-0.2, -0.15) is 0 Å². The first-order chi connectivity index (χ1) is 14.0. The van der Waals surface area contributed by atoms with Gasteiger partial charge >= 0.3 is 5.97 Å². The third kappa shape index (κ3) is 5.07. The van der Waals surface area contributed by atoms with Crippen molar-refractivity contribution in [3.8, 4) is 0 Å². The molecule has 0 unspecified atom stereocenters. The van der Waals surface area contributed by atoms with E-state index in [1.54, 1.807) is 0 Å². The highest BCUT2D eigenvalue weighted by Gasteiger charge is 2.44. The van der Waals surface area contributed by atoms with Crippen LogP contribution >= 0.6 is 12.2 Å². The number of piperidine rings is 1. The van der Waals surface area contributed by atoms with Crippen molar-refractivity contribution >= 4 is 34.7 Å². The minimum Gasteiger partial charge on any atom is -0.465 e. The van der Waals surface area contributed by atoms with Crippen molar-refractivity contribution in [2.75, 3.05) is 29.9 Å². The first-order valence-electron chi connectivity index (χ1n) is 10.2. The molecule has 1 saturated heterocycles. The van der Waals surface area contributed by atoms with Crippen LogP contribution in [0.5, 0.6) is 0 Å². The van der Waals surface area contributed by atoms with Crippen LogP contribution in [0.3, 0.4) is 0 Å². The van der Waals surface area contributed by atoms with E-state index >= 15 is 0 Å². The molecule has 1 heterocycles. The molecular weight excluding hydrogens is 382 g/mol. The summed E-state index contributed by atoms with van der Waals surface area (Å²) in [6.45, 7) is 4.13. The first-order valence-corrected chi connectivity index (χ1v) is 10.6. The second-order valence-electron chi connectivity index (χ2n) is 7.46. The number of carbonyl (C=O) groups excluding carboxylic acids is 1. The Balaban J connectivity index is 1.77. The molecule has 2 aromatic rings.